The van der Waals surface area contributed by atoms with E-state index < -0.39 is 30.4 Å². The molecule has 26 heavy (non-hydrogen) atoms. The summed E-state index contributed by atoms with van der Waals surface area (Å²) < 4.78 is 5.73. The van der Waals surface area contributed by atoms with Gasteiger partial charge in [0.05, 0.1) is 24.4 Å². The van der Waals surface area contributed by atoms with Crippen LogP contribution in [0, 0.1) is 0 Å². The summed E-state index contributed by atoms with van der Waals surface area (Å²) in [7, 11) is 0. The standard InChI is InChI=1S/C20H34O6/c1-2-3-6-10-16(22)19-14-17(23)18(26-19)13-12-15(21)9-7-4-5-8-11-20(24)25/h4,7,12-13,15-19,21-23H,2-3,5-6,8-11,14H2,1H3,(H,24,25)/b7-4-,13-12+/t15-,16-,17+,18+,19+/m0/s1. The molecule has 0 unspecified atom stereocenters. The lowest BCUT2D eigenvalue weighted by atomic mass is 10.0. The highest BCUT2D eigenvalue weighted by molar-refractivity contribution is 5.66. The van der Waals surface area contributed by atoms with E-state index in [0.717, 1.165) is 19.3 Å². The molecule has 0 radical (unpaired) electrons. The van der Waals surface area contributed by atoms with Gasteiger partial charge in [-0.05, 0) is 25.7 Å². The van der Waals surface area contributed by atoms with Crippen molar-refractivity contribution < 1.29 is 30.0 Å². The molecule has 0 bridgehead atoms. The Balaban J connectivity index is 2.29. The van der Waals surface area contributed by atoms with Gasteiger partial charge in [0, 0.05) is 12.8 Å². The third-order valence-corrected chi connectivity index (χ3v) is 4.55. The summed E-state index contributed by atoms with van der Waals surface area (Å²) in [6.45, 7) is 2.11. The van der Waals surface area contributed by atoms with Gasteiger partial charge in [-0.2, -0.15) is 0 Å². The zero-order valence-corrected chi connectivity index (χ0v) is 15.7. The van der Waals surface area contributed by atoms with Gasteiger partial charge in [-0.1, -0.05) is 50.5 Å². The van der Waals surface area contributed by atoms with Crippen molar-refractivity contribution in [3.63, 3.8) is 0 Å². The van der Waals surface area contributed by atoms with Crippen molar-refractivity contribution >= 4 is 5.97 Å². The molecule has 4 N–H and O–H groups in total. The van der Waals surface area contributed by atoms with Gasteiger partial charge in [-0.25, -0.2) is 0 Å². The molecule has 0 aromatic heterocycles. The van der Waals surface area contributed by atoms with Crippen LogP contribution in [-0.2, 0) is 9.53 Å². The first kappa shape index (κ1) is 22.8. The van der Waals surface area contributed by atoms with Crippen LogP contribution in [0.2, 0.25) is 0 Å². The molecule has 0 aromatic carbocycles. The number of aliphatic hydroxyl groups excluding tert-OH is 3. The van der Waals surface area contributed by atoms with Gasteiger partial charge in [0.15, 0.2) is 0 Å². The van der Waals surface area contributed by atoms with Crippen LogP contribution in [0.4, 0.5) is 0 Å². The minimum Gasteiger partial charge on any atom is -0.481 e. The van der Waals surface area contributed by atoms with Crippen LogP contribution in [0.1, 0.15) is 64.7 Å². The molecule has 0 aromatic rings. The number of aliphatic hydroxyl groups is 3. The van der Waals surface area contributed by atoms with Crippen LogP contribution in [0.15, 0.2) is 24.3 Å². The van der Waals surface area contributed by atoms with Crippen molar-refractivity contribution in [1.82, 2.24) is 0 Å². The number of rotatable bonds is 13. The highest BCUT2D eigenvalue weighted by Gasteiger charge is 2.36. The minimum absolute atomic E-state index is 0.148. The number of ether oxygens (including phenoxy) is 1. The lowest BCUT2D eigenvalue weighted by molar-refractivity contribution is -0.137. The molecule has 6 heteroatoms. The lowest BCUT2D eigenvalue weighted by Gasteiger charge is -2.18. The quantitative estimate of drug-likeness (QED) is 0.293. The van der Waals surface area contributed by atoms with E-state index in [0.29, 0.717) is 32.1 Å². The smallest absolute Gasteiger partial charge is 0.303 e. The Bertz CT molecular complexity index is 448. The second-order valence-electron chi connectivity index (χ2n) is 6.95. The summed E-state index contributed by atoms with van der Waals surface area (Å²) >= 11 is 0. The molecule has 1 saturated heterocycles. The van der Waals surface area contributed by atoms with Crippen molar-refractivity contribution in [2.45, 2.75) is 95.2 Å². The summed E-state index contributed by atoms with van der Waals surface area (Å²) in [5, 5.41) is 38.7. The predicted molar refractivity (Wildman–Crippen MR) is 99.8 cm³/mol. The first-order valence-corrected chi connectivity index (χ1v) is 9.68. The monoisotopic (exact) mass is 370 g/mol. The van der Waals surface area contributed by atoms with E-state index in [9.17, 15) is 20.1 Å². The third kappa shape index (κ3) is 9.48. The van der Waals surface area contributed by atoms with E-state index in [-0.39, 0.29) is 12.5 Å². The fourth-order valence-electron chi connectivity index (χ4n) is 2.97. The Kier molecular flexibility index (Phi) is 11.4. The van der Waals surface area contributed by atoms with Gasteiger partial charge < -0.3 is 25.2 Å². The van der Waals surface area contributed by atoms with E-state index >= 15 is 0 Å². The van der Waals surface area contributed by atoms with Crippen LogP contribution in [-0.4, -0.2) is 56.9 Å². The first-order chi connectivity index (χ1) is 12.4. The van der Waals surface area contributed by atoms with Gasteiger partial charge >= 0.3 is 5.97 Å². The summed E-state index contributed by atoms with van der Waals surface area (Å²) in [4.78, 5) is 10.4. The molecule has 6 nitrogen and oxygen atoms in total. The Morgan fingerprint density at radius 2 is 2.00 bits per heavy atom. The average Bonchev–Trinajstić information content (AvgIpc) is 2.97. The normalized spacial score (nSPS) is 25.9. The fraction of sp³-hybridized carbons (Fsp3) is 0.750. The number of carboxylic acid groups (broad SMARTS) is 1. The van der Waals surface area contributed by atoms with E-state index in [2.05, 4.69) is 6.92 Å². The molecule has 5 atom stereocenters. The highest BCUT2D eigenvalue weighted by Crippen LogP contribution is 2.26. The minimum atomic E-state index is -0.801. The summed E-state index contributed by atoms with van der Waals surface area (Å²) in [5.41, 5.74) is 0. The maximum absolute atomic E-state index is 10.4. The Labute approximate surface area is 156 Å². The van der Waals surface area contributed by atoms with E-state index in [1.54, 1.807) is 12.2 Å². The summed E-state index contributed by atoms with van der Waals surface area (Å²) in [6.07, 6.45) is 10.2. The van der Waals surface area contributed by atoms with Gasteiger partial charge in [0.25, 0.3) is 0 Å². The number of hydrogen-bond acceptors (Lipinski definition) is 5. The molecule has 0 saturated carbocycles. The van der Waals surface area contributed by atoms with Crippen LogP contribution < -0.4 is 0 Å². The summed E-state index contributed by atoms with van der Waals surface area (Å²) in [6, 6.07) is 0. The maximum Gasteiger partial charge on any atom is 0.303 e. The van der Waals surface area contributed by atoms with Crippen molar-refractivity contribution in [2.24, 2.45) is 0 Å². The predicted octanol–water partition coefficient (Wildman–Crippen LogP) is 2.56. The Morgan fingerprint density at radius 3 is 2.69 bits per heavy atom. The van der Waals surface area contributed by atoms with Gasteiger partial charge in [0.2, 0.25) is 0 Å². The average molecular weight is 370 g/mol. The number of aliphatic carboxylic acids is 1. The first-order valence-electron chi connectivity index (χ1n) is 9.68. The fourth-order valence-corrected chi connectivity index (χ4v) is 2.97. The van der Waals surface area contributed by atoms with Crippen molar-refractivity contribution in [1.29, 1.82) is 0 Å². The number of unbranched alkanes of at least 4 members (excludes halogenated alkanes) is 3. The molecule has 0 amide bonds. The van der Waals surface area contributed by atoms with Crippen molar-refractivity contribution in [3.8, 4) is 0 Å². The van der Waals surface area contributed by atoms with Gasteiger partial charge in [-0.3, -0.25) is 4.79 Å². The van der Waals surface area contributed by atoms with Gasteiger partial charge in [-0.15, -0.1) is 0 Å². The third-order valence-electron chi connectivity index (χ3n) is 4.55. The second-order valence-corrected chi connectivity index (χ2v) is 6.95. The highest BCUT2D eigenvalue weighted by atomic mass is 16.5. The van der Waals surface area contributed by atoms with Crippen LogP contribution in [0.3, 0.4) is 0 Å². The number of carbonyl (C=O) groups is 1. The van der Waals surface area contributed by atoms with Gasteiger partial charge in [0.1, 0.15) is 6.10 Å². The largest absolute Gasteiger partial charge is 0.481 e. The molecular weight excluding hydrogens is 336 g/mol. The molecular formula is C20H34O6. The zero-order chi connectivity index (χ0) is 19.4. The lowest BCUT2D eigenvalue weighted by Crippen LogP contribution is -2.26. The second kappa shape index (κ2) is 13.0. The number of hydrogen-bond donors (Lipinski definition) is 4. The van der Waals surface area contributed by atoms with E-state index in [1.807, 2.05) is 12.2 Å². The van der Waals surface area contributed by atoms with Crippen molar-refractivity contribution in [3.05, 3.63) is 24.3 Å². The number of allylic oxidation sites excluding steroid dienone is 1. The summed E-state index contributed by atoms with van der Waals surface area (Å²) in [5.74, 6) is -0.801. The molecule has 150 valence electrons. The maximum atomic E-state index is 10.4. The molecule has 1 heterocycles. The SMILES string of the molecule is CCCCC[C@H](O)[C@H]1C[C@@H](O)[C@@H](/C=C/[C@@H](O)C/C=C\CCCC(=O)O)O1. The molecule has 1 aliphatic rings. The molecule has 1 fully saturated rings. The molecule has 0 aliphatic carbocycles. The number of carboxylic acids is 1. The zero-order valence-electron chi connectivity index (χ0n) is 15.7. The van der Waals surface area contributed by atoms with Crippen molar-refractivity contribution in [2.75, 3.05) is 0 Å². The van der Waals surface area contributed by atoms with Crippen LogP contribution in [0.5, 0.6) is 0 Å². The van der Waals surface area contributed by atoms with E-state index in [1.165, 1.54) is 0 Å². The molecule has 1 aliphatic heterocycles. The topological polar surface area (TPSA) is 107 Å². The van der Waals surface area contributed by atoms with E-state index in [4.69, 9.17) is 9.84 Å². The van der Waals surface area contributed by atoms with Crippen LogP contribution >= 0.6 is 0 Å². The Morgan fingerprint density at radius 1 is 1.23 bits per heavy atom. The van der Waals surface area contributed by atoms with Crippen LogP contribution in [0.25, 0.3) is 0 Å². The molecule has 0 spiro atoms. The molecule has 1 rings (SSSR count). The Hall–Kier alpha value is -1.21.